The van der Waals surface area contributed by atoms with Gasteiger partial charge in [-0.25, -0.2) is 18.4 Å². The molecular weight excluding hydrogens is 541 g/mol. The fourth-order valence-electron chi connectivity index (χ4n) is 3.44. The van der Waals surface area contributed by atoms with E-state index in [1.807, 2.05) is 37.3 Å². The monoisotopic (exact) mass is 570 g/mol. The number of nitrogens with one attached hydrogen (secondary N) is 2. The van der Waals surface area contributed by atoms with Gasteiger partial charge in [-0.15, -0.1) is 11.8 Å². The summed E-state index contributed by atoms with van der Waals surface area (Å²) in [7, 11) is -3.93. The van der Waals surface area contributed by atoms with Crippen LogP contribution in [0.2, 0.25) is 0 Å². The number of hydrogen-bond acceptors (Lipinski definition) is 8. The standard InChI is InChI=1S/C27H30N4O4S3/c1-18-10-12-20(13-11-18)38(33,34)31-21(14-19-8-6-5-7-9-19)25(32)30-26-29-16-24(37-26)36-17-23-28-15-22(35-23)27(2,3)4/h5-13,15-16,21,31H,14,17H2,1-4H3,(H,29,30,32)/t21-/m0/s1. The van der Waals surface area contributed by atoms with Crippen molar-refractivity contribution in [2.45, 2.75) is 60.4 Å². The molecule has 0 unspecified atom stereocenters. The molecule has 11 heteroatoms. The van der Waals surface area contributed by atoms with Crippen molar-refractivity contribution in [3.05, 3.63) is 89.8 Å². The van der Waals surface area contributed by atoms with Crippen molar-refractivity contribution in [1.29, 1.82) is 0 Å². The van der Waals surface area contributed by atoms with Crippen molar-refractivity contribution < 1.29 is 17.6 Å². The molecule has 0 aliphatic carbocycles. The highest BCUT2D eigenvalue weighted by atomic mass is 32.2. The van der Waals surface area contributed by atoms with Crippen LogP contribution in [0, 0.1) is 6.92 Å². The Hall–Kier alpha value is -2.99. The van der Waals surface area contributed by atoms with Crippen LogP contribution in [0.1, 0.15) is 43.5 Å². The van der Waals surface area contributed by atoms with Gasteiger partial charge in [0.25, 0.3) is 0 Å². The number of oxazole rings is 1. The molecule has 1 atom stereocenters. The van der Waals surface area contributed by atoms with Crippen LogP contribution < -0.4 is 10.0 Å². The van der Waals surface area contributed by atoms with Gasteiger partial charge in [0.1, 0.15) is 11.8 Å². The number of thiazole rings is 1. The highest BCUT2D eigenvalue weighted by Gasteiger charge is 2.27. The number of carbonyl (C=O) groups is 1. The molecule has 8 nitrogen and oxygen atoms in total. The molecule has 0 aliphatic rings. The van der Waals surface area contributed by atoms with E-state index in [-0.39, 0.29) is 16.7 Å². The zero-order valence-electron chi connectivity index (χ0n) is 21.6. The molecule has 4 rings (SSSR count). The van der Waals surface area contributed by atoms with Gasteiger partial charge >= 0.3 is 0 Å². The minimum Gasteiger partial charge on any atom is -0.444 e. The van der Waals surface area contributed by atoms with Gasteiger partial charge in [-0.1, -0.05) is 80.1 Å². The third-order valence-electron chi connectivity index (χ3n) is 5.57. The number of sulfonamides is 1. The van der Waals surface area contributed by atoms with Crippen molar-refractivity contribution >= 4 is 44.2 Å². The van der Waals surface area contributed by atoms with E-state index in [1.165, 1.54) is 35.2 Å². The number of amides is 1. The normalized spacial score (nSPS) is 12.8. The van der Waals surface area contributed by atoms with E-state index >= 15 is 0 Å². The number of aryl methyl sites for hydroxylation is 1. The van der Waals surface area contributed by atoms with Crippen LogP contribution in [0.3, 0.4) is 0 Å². The number of thioether (sulfide) groups is 1. The summed E-state index contributed by atoms with van der Waals surface area (Å²) in [6.07, 6.45) is 3.60. The van der Waals surface area contributed by atoms with E-state index in [0.29, 0.717) is 16.8 Å². The Morgan fingerprint density at radius 3 is 2.42 bits per heavy atom. The van der Waals surface area contributed by atoms with Crippen LogP contribution >= 0.6 is 23.1 Å². The number of carbonyl (C=O) groups excluding carboxylic acids is 1. The summed E-state index contributed by atoms with van der Waals surface area (Å²) >= 11 is 2.81. The first-order valence-electron chi connectivity index (χ1n) is 12.0. The number of nitrogens with zero attached hydrogens (tertiary/aromatic N) is 2. The Morgan fingerprint density at radius 1 is 1.05 bits per heavy atom. The summed E-state index contributed by atoms with van der Waals surface area (Å²) < 4.78 is 35.4. The topological polar surface area (TPSA) is 114 Å². The largest absolute Gasteiger partial charge is 0.444 e. The molecular formula is C27H30N4O4S3. The quantitative estimate of drug-likeness (QED) is 0.240. The van der Waals surface area contributed by atoms with Gasteiger partial charge in [0.05, 0.1) is 27.3 Å². The molecule has 0 aliphatic heterocycles. The lowest BCUT2D eigenvalue weighted by molar-refractivity contribution is -0.117. The van der Waals surface area contributed by atoms with Crippen LogP contribution in [0.4, 0.5) is 5.13 Å². The fraction of sp³-hybridized carbons (Fsp3) is 0.296. The highest BCUT2D eigenvalue weighted by molar-refractivity contribution is 8.00. The lowest BCUT2D eigenvalue weighted by Gasteiger charge is -2.18. The first-order chi connectivity index (χ1) is 18.0. The number of hydrogen-bond donors (Lipinski definition) is 2. The number of anilines is 1. The van der Waals surface area contributed by atoms with Gasteiger partial charge in [-0.2, -0.15) is 4.72 Å². The average molecular weight is 571 g/mol. The van der Waals surface area contributed by atoms with Gasteiger partial charge in [0.2, 0.25) is 21.8 Å². The van der Waals surface area contributed by atoms with Gasteiger partial charge in [0.15, 0.2) is 5.13 Å². The van der Waals surface area contributed by atoms with Crippen molar-refractivity contribution in [1.82, 2.24) is 14.7 Å². The van der Waals surface area contributed by atoms with Crippen molar-refractivity contribution in [2.24, 2.45) is 0 Å². The minimum atomic E-state index is -3.93. The SMILES string of the molecule is Cc1ccc(S(=O)(=O)N[C@@H](Cc2ccccc2)C(=O)Nc2ncc(SCc3ncc(C(C)(C)C)o3)s2)cc1. The van der Waals surface area contributed by atoms with Crippen LogP contribution in [-0.4, -0.2) is 30.3 Å². The Morgan fingerprint density at radius 2 is 1.76 bits per heavy atom. The Balaban J connectivity index is 1.44. The van der Waals surface area contributed by atoms with Crippen LogP contribution in [0.25, 0.3) is 0 Å². The first-order valence-corrected chi connectivity index (χ1v) is 15.3. The molecule has 2 aromatic carbocycles. The average Bonchev–Trinajstić information content (AvgIpc) is 3.53. The summed E-state index contributed by atoms with van der Waals surface area (Å²) in [5, 5.41) is 3.16. The zero-order chi connectivity index (χ0) is 27.3. The van der Waals surface area contributed by atoms with Crippen molar-refractivity contribution in [3.63, 3.8) is 0 Å². The second kappa shape index (κ2) is 11.8. The fourth-order valence-corrected chi connectivity index (χ4v) is 6.37. The minimum absolute atomic E-state index is 0.100. The van der Waals surface area contributed by atoms with E-state index in [1.54, 1.807) is 24.5 Å². The maximum absolute atomic E-state index is 13.3. The van der Waals surface area contributed by atoms with Crippen molar-refractivity contribution in [3.8, 4) is 0 Å². The second-order valence-electron chi connectivity index (χ2n) is 9.81. The van der Waals surface area contributed by atoms with Crippen LogP contribution in [-0.2, 0) is 32.4 Å². The van der Waals surface area contributed by atoms with E-state index in [9.17, 15) is 13.2 Å². The Labute approximate surface area is 231 Å². The predicted molar refractivity (Wildman–Crippen MR) is 151 cm³/mol. The highest BCUT2D eigenvalue weighted by Crippen LogP contribution is 2.32. The van der Waals surface area contributed by atoms with Crippen molar-refractivity contribution in [2.75, 3.05) is 5.32 Å². The van der Waals surface area contributed by atoms with Gasteiger partial charge in [-0.3, -0.25) is 4.79 Å². The first kappa shape index (κ1) is 28.0. The summed E-state index contributed by atoms with van der Waals surface area (Å²) in [4.78, 5) is 22.0. The van der Waals surface area contributed by atoms with Crippen LogP contribution in [0.5, 0.6) is 0 Å². The molecule has 0 radical (unpaired) electrons. The lowest BCUT2D eigenvalue weighted by atomic mass is 9.94. The van der Waals surface area contributed by atoms with E-state index in [2.05, 4.69) is 40.8 Å². The smallest absolute Gasteiger partial charge is 0.244 e. The molecule has 0 fully saturated rings. The Bertz CT molecular complexity index is 1470. The molecule has 1 amide bonds. The summed E-state index contributed by atoms with van der Waals surface area (Å²) in [6, 6.07) is 14.7. The third-order valence-corrected chi connectivity index (χ3v) is 9.15. The summed E-state index contributed by atoms with van der Waals surface area (Å²) in [5.74, 6) is 1.48. The molecule has 0 spiro atoms. The van der Waals surface area contributed by atoms with Gasteiger partial charge in [-0.05, 0) is 31.0 Å². The Kier molecular flexibility index (Phi) is 8.71. The van der Waals surface area contributed by atoms with E-state index < -0.39 is 22.0 Å². The van der Waals surface area contributed by atoms with E-state index in [4.69, 9.17) is 4.42 Å². The second-order valence-corrected chi connectivity index (χ2v) is 13.8. The zero-order valence-corrected chi connectivity index (χ0v) is 24.0. The third kappa shape index (κ3) is 7.53. The molecule has 4 aromatic rings. The molecule has 2 heterocycles. The summed E-state index contributed by atoms with van der Waals surface area (Å²) in [5.41, 5.74) is 1.66. The number of aromatic nitrogens is 2. The lowest BCUT2D eigenvalue weighted by Crippen LogP contribution is -2.45. The molecule has 2 N–H and O–H groups in total. The molecule has 0 saturated carbocycles. The maximum Gasteiger partial charge on any atom is 0.244 e. The molecule has 0 saturated heterocycles. The van der Waals surface area contributed by atoms with Crippen LogP contribution in [0.15, 0.2) is 80.5 Å². The van der Waals surface area contributed by atoms with Gasteiger partial charge < -0.3 is 9.73 Å². The number of rotatable bonds is 10. The molecule has 200 valence electrons. The molecule has 0 bridgehead atoms. The molecule has 2 aromatic heterocycles. The van der Waals surface area contributed by atoms with E-state index in [0.717, 1.165) is 21.1 Å². The van der Waals surface area contributed by atoms with Gasteiger partial charge in [0, 0.05) is 5.41 Å². The molecule has 38 heavy (non-hydrogen) atoms. The maximum atomic E-state index is 13.3. The predicted octanol–water partition coefficient (Wildman–Crippen LogP) is 5.56. The number of benzene rings is 2. The summed E-state index contributed by atoms with van der Waals surface area (Å²) in [6.45, 7) is 8.07.